The van der Waals surface area contributed by atoms with E-state index in [9.17, 15) is 4.79 Å². The van der Waals surface area contributed by atoms with Gasteiger partial charge in [-0.3, -0.25) is 5.32 Å². The molecule has 16 heavy (non-hydrogen) atoms. The number of hydrogen-bond acceptors (Lipinski definition) is 5. The van der Waals surface area contributed by atoms with E-state index >= 15 is 0 Å². The van der Waals surface area contributed by atoms with Crippen LogP contribution in [0.4, 0.5) is 0 Å². The summed E-state index contributed by atoms with van der Waals surface area (Å²) in [7, 11) is 0. The minimum atomic E-state index is -0.391. The Morgan fingerprint density at radius 3 is 3.00 bits per heavy atom. The number of aryl methyl sites for hydroxylation is 1. The number of esters is 1. The van der Waals surface area contributed by atoms with Crippen molar-refractivity contribution in [1.29, 1.82) is 0 Å². The van der Waals surface area contributed by atoms with Gasteiger partial charge in [-0.1, -0.05) is 0 Å². The van der Waals surface area contributed by atoms with Gasteiger partial charge in [0, 0.05) is 11.4 Å². The van der Waals surface area contributed by atoms with E-state index in [4.69, 9.17) is 4.74 Å². The molecule has 0 aliphatic heterocycles. The molecule has 1 N–H and O–H groups in total. The molecule has 1 fully saturated rings. The minimum Gasteiger partial charge on any atom is -0.465 e. The van der Waals surface area contributed by atoms with Gasteiger partial charge in [-0.05, 0) is 26.7 Å². The van der Waals surface area contributed by atoms with Crippen molar-refractivity contribution in [3.63, 3.8) is 0 Å². The molecule has 1 atom stereocenters. The molecule has 0 amide bonds. The normalized spacial score (nSPS) is 17.1. The average molecular weight is 240 g/mol. The van der Waals surface area contributed by atoms with E-state index in [1.54, 1.807) is 11.3 Å². The van der Waals surface area contributed by atoms with Gasteiger partial charge in [0.05, 0.1) is 17.3 Å². The topological polar surface area (TPSA) is 51.2 Å². The molecule has 1 heterocycles. The van der Waals surface area contributed by atoms with Gasteiger partial charge in [-0.2, -0.15) is 0 Å². The van der Waals surface area contributed by atoms with E-state index in [0.29, 0.717) is 12.6 Å². The number of nitrogens with one attached hydrogen (secondary N) is 1. The summed E-state index contributed by atoms with van der Waals surface area (Å²) in [6, 6.07) is 0.0637. The van der Waals surface area contributed by atoms with Gasteiger partial charge in [0.25, 0.3) is 0 Å². The van der Waals surface area contributed by atoms with Gasteiger partial charge in [-0.15, -0.1) is 11.3 Å². The first kappa shape index (κ1) is 11.5. The Labute approximate surface area is 99.0 Å². The fourth-order valence-corrected chi connectivity index (χ4v) is 2.14. The molecule has 1 aliphatic carbocycles. The quantitative estimate of drug-likeness (QED) is 0.797. The first-order chi connectivity index (χ1) is 7.70. The van der Waals surface area contributed by atoms with Crippen molar-refractivity contribution in [2.45, 2.75) is 38.8 Å². The maximum absolute atomic E-state index is 11.8. The van der Waals surface area contributed by atoms with Crippen molar-refractivity contribution in [3.8, 4) is 0 Å². The van der Waals surface area contributed by atoms with Crippen LogP contribution >= 0.6 is 11.3 Å². The molecule has 1 saturated carbocycles. The Morgan fingerprint density at radius 2 is 2.50 bits per heavy atom. The van der Waals surface area contributed by atoms with Crippen LogP contribution in [0.3, 0.4) is 0 Å². The third-order valence-electron chi connectivity index (χ3n) is 2.43. The first-order valence-corrected chi connectivity index (χ1v) is 6.43. The second kappa shape index (κ2) is 4.93. The Balaban J connectivity index is 2.09. The summed E-state index contributed by atoms with van der Waals surface area (Å²) in [6.07, 6.45) is 2.28. The Bertz CT molecular complexity index is 374. The smallest absolute Gasteiger partial charge is 0.329 e. The van der Waals surface area contributed by atoms with E-state index in [1.807, 2.05) is 19.2 Å². The summed E-state index contributed by atoms with van der Waals surface area (Å²) in [5.74, 6) is -0.222. The van der Waals surface area contributed by atoms with Crippen LogP contribution < -0.4 is 5.32 Å². The van der Waals surface area contributed by atoms with E-state index in [2.05, 4.69) is 10.3 Å². The fourth-order valence-electron chi connectivity index (χ4n) is 1.50. The van der Waals surface area contributed by atoms with Crippen LogP contribution in [0.25, 0.3) is 0 Å². The zero-order valence-electron chi connectivity index (χ0n) is 9.53. The highest BCUT2D eigenvalue weighted by atomic mass is 32.1. The minimum absolute atomic E-state index is 0.222. The Morgan fingerprint density at radius 1 is 1.75 bits per heavy atom. The highest BCUT2D eigenvalue weighted by Crippen LogP contribution is 2.25. The van der Waals surface area contributed by atoms with E-state index < -0.39 is 6.04 Å². The second-order valence-corrected chi connectivity index (χ2v) is 4.98. The monoisotopic (exact) mass is 240 g/mol. The highest BCUT2D eigenvalue weighted by molar-refractivity contribution is 7.09. The summed E-state index contributed by atoms with van der Waals surface area (Å²) in [4.78, 5) is 16.1. The summed E-state index contributed by atoms with van der Waals surface area (Å²) >= 11 is 1.56. The molecule has 5 heteroatoms. The molecule has 0 saturated heterocycles. The SMILES string of the molecule is CCOC(=O)C(NC1CC1)c1csc(C)n1. The van der Waals surface area contributed by atoms with Crippen molar-refractivity contribution in [1.82, 2.24) is 10.3 Å². The lowest BCUT2D eigenvalue weighted by molar-refractivity contribution is -0.146. The van der Waals surface area contributed by atoms with Crippen molar-refractivity contribution in [3.05, 3.63) is 16.1 Å². The Kier molecular flexibility index (Phi) is 3.56. The Hall–Kier alpha value is -0.940. The fraction of sp³-hybridized carbons (Fsp3) is 0.636. The first-order valence-electron chi connectivity index (χ1n) is 5.55. The molecule has 1 aromatic heterocycles. The summed E-state index contributed by atoms with van der Waals surface area (Å²) in [5.41, 5.74) is 0.785. The van der Waals surface area contributed by atoms with E-state index in [1.165, 1.54) is 0 Å². The van der Waals surface area contributed by atoms with Crippen molar-refractivity contribution < 1.29 is 9.53 Å². The molecule has 0 bridgehead atoms. The number of ether oxygens (including phenoxy) is 1. The molecule has 2 rings (SSSR count). The molecule has 4 nitrogen and oxygen atoms in total. The predicted octanol–water partition coefficient (Wildman–Crippen LogP) is 1.81. The number of aromatic nitrogens is 1. The van der Waals surface area contributed by atoms with Gasteiger partial charge >= 0.3 is 5.97 Å². The van der Waals surface area contributed by atoms with Crippen LogP contribution in [-0.2, 0) is 9.53 Å². The van der Waals surface area contributed by atoms with E-state index in [0.717, 1.165) is 23.5 Å². The molecule has 0 spiro atoms. The lowest BCUT2D eigenvalue weighted by atomic mass is 10.2. The number of rotatable bonds is 5. The number of hydrogen-bond donors (Lipinski definition) is 1. The number of nitrogens with zero attached hydrogens (tertiary/aromatic N) is 1. The van der Waals surface area contributed by atoms with Crippen molar-refractivity contribution >= 4 is 17.3 Å². The molecular weight excluding hydrogens is 224 g/mol. The van der Waals surface area contributed by atoms with E-state index in [-0.39, 0.29) is 5.97 Å². The molecular formula is C11H16N2O2S. The largest absolute Gasteiger partial charge is 0.465 e. The maximum atomic E-state index is 11.8. The van der Waals surface area contributed by atoms with Gasteiger partial charge in [0.15, 0.2) is 0 Å². The van der Waals surface area contributed by atoms with Crippen LogP contribution in [0.5, 0.6) is 0 Å². The molecule has 1 unspecified atom stereocenters. The van der Waals surface area contributed by atoms with Crippen LogP contribution in [0.15, 0.2) is 5.38 Å². The van der Waals surface area contributed by atoms with Crippen LogP contribution in [0, 0.1) is 6.92 Å². The summed E-state index contributed by atoms with van der Waals surface area (Å²) in [5, 5.41) is 6.17. The standard InChI is InChI=1S/C11H16N2O2S/c1-3-15-11(14)10(13-8-4-5-8)9-6-16-7(2)12-9/h6,8,10,13H,3-5H2,1-2H3. The zero-order valence-corrected chi connectivity index (χ0v) is 10.3. The van der Waals surface area contributed by atoms with Crippen LogP contribution in [0.1, 0.15) is 36.5 Å². The predicted molar refractivity (Wildman–Crippen MR) is 62.4 cm³/mol. The molecule has 1 aromatic rings. The third kappa shape index (κ3) is 2.80. The third-order valence-corrected chi connectivity index (χ3v) is 3.23. The van der Waals surface area contributed by atoms with Gasteiger partial charge in [-0.25, -0.2) is 9.78 Å². The molecule has 88 valence electrons. The molecule has 0 aromatic carbocycles. The zero-order chi connectivity index (χ0) is 11.5. The van der Waals surface area contributed by atoms with Crippen LogP contribution in [-0.4, -0.2) is 23.6 Å². The summed E-state index contributed by atoms with van der Waals surface area (Å²) < 4.78 is 5.06. The lowest BCUT2D eigenvalue weighted by Crippen LogP contribution is -2.32. The average Bonchev–Trinajstić information content (AvgIpc) is 2.97. The number of carbonyl (C=O) groups excluding carboxylic acids is 1. The second-order valence-electron chi connectivity index (χ2n) is 3.92. The molecule has 1 aliphatic rings. The number of carbonyl (C=O) groups is 1. The maximum Gasteiger partial charge on any atom is 0.329 e. The van der Waals surface area contributed by atoms with Crippen molar-refractivity contribution in [2.24, 2.45) is 0 Å². The lowest BCUT2D eigenvalue weighted by Gasteiger charge is -2.14. The van der Waals surface area contributed by atoms with Gasteiger partial charge < -0.3 is 4.74 Å². The van der Waals surface area contributed by atoms with Crippen LogP contribution in [0.2, 0.25) is 0 Å². The number of thiazole rings is 1. The molecule has 0 radical (unpaired) electrons. The summed E-state index contributed by atoms with van der Waals surface area (Å²) in [6.45, 7) is 4.16. The van der Waals surface area contributed by atoms with Gasteiger partial charge in [0.2, 0.25) is 0 Å². The van der Waals surface area contributed by atoms with Crippen molar-refractivity contribution in [2.75, 3.05) is 6.61 Å². The highest BCUT2D eigenvalue weighted by Gasteiger charge is 2.31. The van der Waals surface area contributed by atoms with Gasteiger partial charge in [0.1, 0.15) is 6.04 Å².